The molecule has 6 nitrogen and oxygen atoms in total. The highest BCUT2D eigenvalue weighted by Gasteiger charge is 2.26. The molecule has 25 heavy (non-hydrogen) atoms. The van der Waals surface area contributed by atoms with Gasteiger partial charge in [0, 0.05) is 48.7 Å². The van der Waals surface area contributed by atoms with Crippen molar-refractivity contribution in [2.45, 2.75) is 18.5 Å². The summed E-state index contributed by atoms with van der Waals surface area (Å²) in [5, 5.41) is 2.12. The van der Waals surface area contributed by atoms with Crippen LogP contribution < -0.4 is 15.8 Å². The van der Waals surface area contributed by atoms with E-state index in [4.69, 9.17) is 0 Å². The first kappa shape index (κ1) is 16.1. The maximum Gasteiger partial charge on any atom is 0.225 e. The van der Waals surface area contributed by atoms with Gasteiger partial charge in [0.2, 0.25) is 5.95 Å². The van der Waals surface area contributed by atoms with Gasteiger partial charge >= 0.3 is 0 Å². The Balaban J connectivity index is 1.42. The summed E-state index contributed by atoms with van der Waals surface area (Å²) in [5.74, 6) is 0.725. The van der Waals surface area contributed by atoms with Crippen molar-refractivity contribution in [1.82, 2.24) is 25.8 Å². The SMILES string of the molecule is CN(CC1CC(c2cccs2)NN1)c1nccc(-c2cccnc2)n1. The Kier molecular flexibility index (Phi) is 4.69. The number of pyridine rings is 1. The third-order valence-electron chi connectivity index (χ3n) is 4.30. The summed E-state index contributed by atoms with van der Waals surface area (Å²) in [6.45, 7) is 0.839. The second-order valence-electron chi connectivity index (χ2n) is 6.15. The summed E-state index contributed by atoms with van der Waals surface area (Å²) in [6, 6.07) is 10.8. The van der Waals surface area contributed by atoms with Crippen LogP contribution in [0.2, 0.25) is 0 Å². The topological polar surface area (TPSA) is 66.0 Å². The van der Waals surface area contributed by atoms with Crippen LogP contribution in [0.3, 0.4) is 0 Å². The zero-order chi connectivity index (χ0) is 17.1. The lowest BCUT2D eigenvalue weighted by atomic mass is 10.1. The molecule has 0 spiro atoms. The van der Waals surface area contributed by atoms with Crippen LogP contribution in [0.25, 0.3) is 11.3 Å². The molecule has 4 heterocycles. The largest absolute Gasteiger partial charge is 0.342 e. The van der Waals surface area contributed by atoms with E-state index in [0.29, 0.717) is 12.1 Å². The summed E-state index contributed by atoms with van der Waals surface area (Å²) in [4.78, 5) is 16.7. The van der Waals surface area contributed by atoms with E-state index in [-0.39, 0.29) is 0 Å². The molecule has 1 aliphatic heterocycles. The van der Waals surface area contributed by atoms with Crippen molar-refractivity contribution < 1.29 is 0 Å². The van der Waals surface area contributed by atoms with Crippen molar-refractivity contribution in [2.75, 3.05) is 18.5 Å². The summed E-state index contributed by atoms with van der Waals surface area (Å²) >= 11 is 1.79. The molecule has 2 unspecified atom stereocenters. The molecule has 0 saturated carbocycles. The first-order valence-electron chi connectivity index (χ1n) is 8.28. The predicted molar refractivity (Wildman–Crippen MR) is 100 cm³/mol. The van der Waals surface area contributed by atoms with Crippen LogP contribution in [0.5, 0.6) is 0 Å². The summed E-state index contributed by atoms with van der Waals surface area (Å²) in [5.41, 5.74) is 8.67. The van der Waals surface area contributed by atoms with E-state index < -0.39 is 0 Å². The monoisotopic (exact) mass is 352 g/mol. The summed E-state index contributed by atoms with van der Waals surface area (Å²) in [6.07, 6.45) is 6.43. The van der Waals surface area contributed by atoms with Crippen LogP contribution in [0, 0.1) is 0 Å². The molecule has 1 fully saturated rings. The third-order valence-corrected chi connectivity index (χ3v) is 5.29. The standard InChI is InChI=1S/C18H20N6S/c1-24(12-14-10-16(23-22-14)17-5-3-9-25-17)18-20-8-6-15(21-18)13-4-2-7-19-11-13/h2-9,11,14,16,22-23H,10,12H2,1H3. The van der Waals surface area contributed by atoms with E-state index in [9.17, 15) is 0 Å². The molecule has 128 valence electrons. The molecule has 0 bridgehead atoms. The van der Waals surface area contributed by atoms with Gasteiger partial charge in [-0.25, -0.2) is 15.4 Å². The number of rotatable bonds is 5. The minimum Gasteiger partial charge on any atom is -0.342 e. The maximum atomic E-state index is 4.68. The van der Waals surface area contributed by atoms with Crippen molar-refractivity contribution in [1.29, 1.82) is 0 Å². The van der Waals surface area contributed by atoms with Gasteiger partial charge < -0.3 is 4.90 Å². The van der Waals surface area contributed by atoms with Crippen LogP contribution in [0.4, 0.5) is 5.95 Å². The fourth-order valence-electron chi connectivity index (χ4n) is 3.04. The molecule has 0 aliphatic carbocycles. The summed E-state index contributed by atoms with van der Waals surface area (Å²) < 4.78 is 0. The Morgan fingerprint density at radius 2 is 2.16 bits per heavy atom. The van der Waals surface area contributed by atoms with Crippen molar-refractivity contribution >= 4 is 17.3 Å². The Morgan fingerprint density at radius 1 is 1.20 bits per heavy atom. The molecule has 4 rings (SSSR count). The minimum atomic E-state index is 0.350. The number of hydrazine groups is 1. The van der Waals surface area contributed by atoms with E-state index in [0.717, 1.165) is 30.2 Å². The van der Waals surface area contributed by atoms with Gasteiger partial charge in [0.15, 0.2) is 0 Å². The van der Waals surface area contributed by atoms with Gasteiger partial charge in [-0.05, 0) is 36.1 Å². The number of hydrogen-bond donors (Lipinski definition) is 2. The number of anilines is 1. The van der Waals surface area contributed by atoms with Gasteiger partial charge in [0.25, 0.3) is 0 Å². The van der Waals surface area contributed by atoms with Gasteiger partial charge in [-0.15, -0.1) is 11.3 Å². The number of hydrogen-bond acceptors (Lipinski definition) is 7. The predicted octanol–water partition coefficient (Wildman–Crippen LogP) is 2.64. The Bertz CT molecular complexity index is 807. The lowest BCUT2D eigenvalue weighted by Crippen LogP contribution is -2.39. The van der Waals surface area contributed by atoms with E-state index in [1.54, 1.807) is 23.7 Å². The van der Waals surface area contributed by atoms with Crippen molar-refractivity contribution in [3.8, 4) is 11.3 Å². The van der Waals surface area contributed by atoms with Crippen molar-refractivity contribution in [3.63, 3.8) is 0 Å². The lowest BCUT2D eigenvalue weighted by Gasteiger charge is -2.21. The Morgan fingerprint density at radius 3 is 2.96 bits per heavy atom. The van der Waals surface area contributed by atoms with E-state index in [1.165, 1.54) is 4.88 Å². The Hall–Kier alpha value is -2.35. The molecule has 1 aliphatic rings. The van der Waals surface area contributed by atoms with Crippen LogP contribution in [0.1, 0.15) is 17.3 Å². The molecule has 2 atom stereocenters. The van der Waals surface area contributed by atoms with E-state index in [2.05, 4.69) is 48.2 Å². The molecule has 2 N–H and O–H groups in total. The van der Waals surface area contributed by atoms with Gasteiger partial charge in [-0.2, -0.15) is 0 Å². The van der Waals surface area contributed by atoms with E-state index in [1.807, 2.05) is 31.4 Å². The van der Waals surface area contributed by atoms with Gasteiger partial charge in [-0.1, -0.05) is 6.07 Å². The molecule has 0 amide bonds. The molecule has 0 aromatic carbocycles. The fraction of sp³-hybridized carbons (Fsp3) is 0.278. The first-order chi connectivity index (χ1) is 12.3. The number of nitrogens with zero attached hydrogens (tertiary/aromatic N) is 4. The van der Waals surface area contributed by atoms with Gasteiger partial charge in [0.05, 0.1) is 11.7 Å². The summed E-state index contributed by atoms with van der Waals surface area (Å²) in [7, 11) is 2.03. The first-order valence-corrected chi connectivity index (χ1v) is 9.16. The minimum absolute atomic E-state index is 0.350. The van der Waals surface area contributed by atoms with Crippen molar-refractivity contribution in [2.24, 2.45) is 0 Å². The molecule has 3 aromatic heterocycles. The number of thiophene rings is 1. The average Bonchev–Trinajstić information content (AvgIpc) is 3.34. The fourth-order valence-corrected chi connectivity index (χ4v) is 3.83. The maximum absolute atomic E-state index is 4.68. The van der Waals surface area contributed by atoms with Crippen LogP contribution >= 0.6 is 11.3 Å². The molecular weight excluding hydrogens is 332 g/mol. The average molecular weight is 352 g/mol. The highest BCUT2D eigenvalue weighted by molar-refractivity contribution is 7.10. The van der Waals surface area contributed by atoms with Crippen LogP contribution in [-0.2, 0) is 0 Å². The van der Waals surface area contributed by atoms with Crippen LogP contribution in [-0.4, -0.2) is 34.6 Å². The normalized spacial score (nSPS) is 19.9. The molecular formula is C18H20N6S. The number of aromatic nitrogens is 3. The quantitative estimate of drug-likeness (QED) is 0.736. The highest BCUT2D eigenvalue weighted by Crippen LogP contribution is 2.26. The molecule has 3 aromatic rings. The number of likely N-dealkylation sites (N-methyl/N-ethyl adjacent to an activating group) is 1. The Labute approximate surface area is 150 Å². The highest BCUT2D eigenvalue weighted by atomic mass is 32.1. The molecule has 0 radical (unpaired) electrons. The second-order valence-corrected chi connectivity index (χ2v) is 7.13. The smallest absolute Gasteiger partial charge is 0.225 e. The zero-order valence-electron chi connectivity index (χ0n) is 14.0. The van der Waals surface area contributed by atoms with E-state index >= 15 is 0 Å². The molecule has 7 heteroatoms. The lowest BCUT2D eigenvalue weighted by molar-refractivity contribution is 0.540. The number of nitrogens with one attached hydrogen (secondary N) is 2. The van der Waals surface area contributed by atoms with Gasteiger partial charge in [-0.3, -0.25) is 10.4 Å². The van der Waals surface area contributed by atoms with Crippen molar-refractivity contribution in [3.05, 3.63) is 59.2 Å². The van der Waals surface area contributed by atoms with Gasteiger partial charge in [0.1, 0.15) is 0 Å². The third kappa shape index (κ3) is 3.68. The zero-order valence-corrected chi connectivity index (χ0v) is 14.8. The second kappa shape index (κ2) is 7.26. The van der Waals surface area contributed by atoms with Crippen LogP contribution in [0.15, 0.2) is 54.3 Å². The molecule has 1 saturated heterocycles.